The largest absolute Gasteiger partial charge is 0.310 e. The van der Waals surface area contributed by atoms with Crippen LogP contribution >= 0.6 is 15.9 Å². The van der Waals surface area contributed by atoms with Crippen molar-refractivity contribution in [3.8, 4) is 0 Å². The summed E-state index contributed by atoms with van der Waals surface area (Å²) in [7, 11) is 0. The predicted octanol–water partition coefficient (Wildman–Crippen LogP) is 3.75. The van der Waals surface area contributed by atoms with Crippen LogP contribution in [0.2, 0.25) is 0 Å². The van der Waals surface area contributed by atoms with Crippen LogP contribution in [0.4, 0.5) is 5.82 Å². The molecule has 0 radical (unpaired) electrons. The van der Waals surface area contributed by atoms with E-state index < -0.39 is 0 Å². The lowest BCUT2D eigenvalue weighted by Crippen LogP contribution is -2.35. The number of anilines is 1. The van der Waals surface area contributed by atoms with Gasteiger partial charge in [-0.25, -0.2) is 4.98 Å². The summed E-state index contributed by atoms with van der Waals surface area (Å²) in [5.74, 6) is 0.721. The smallest absolute Gasteiger partial charge is 0.231 e. The molecule has 1 fully saturated rings. The highest BCUT2D eigenvalue weighted by Crippen LogP contribution is 2.36. The van der Waals surface area contributed by atoms with Crippen molar-refractivity contribution in [2.75, 3.05) is 5.32 Å². The Morgan fingerprint density at radius 1 is 1.35 bits per heavy atom. The van der Waals surface area contributed by atoms with Crippen molar-refractivity contribution in [2.45, 2.75) is 39.0 Å². The monoisotopic (exact) mass is 296 g/mol. The Balaban J connectivity index is 2.05. The summed E-state index contributed by atoms with van der Waals surface area (Å²) in [6.45, 7) is 2.06. The summed E-state index contributed by atoms with van der Waals surface area (Å²) in [6.07, 6.45) is 5.50. The van der Waals surface area contributed by atoms with Gasteiger partial charge in [-0.15, -0.1) is 0 Å². The number of nitrogens with one attached hydrogen (secondary N) is 1. The average Bonchev–Trinajstić information content (AvgIpc) is 2.30. The highest BCUT2D eigenvalue weighted by atomic mass is 79.9. The van der Waals surface area contributed by atoms with Gasteiger partial charge in [0.15, 0.2) is 0 Å². The van der Waals surface area contributed by atoms with E-state index in [9.17, 15) is 4.79 Å². The maximum absolute atomic E-state index is 12.2. The number of rotatable bonds is 2. The fourth-order valence-electron chi connectivity index (χ4n) is 2.30. The van der Waals surface area contributed by atoms with Crippen LogP contribution in [-0.4, -0.2) is 10.9 Å². The van der Waals surface area contributed by atoms with Crippen LogP contribution in [0.1, 0.15) is 39.0 Å². The molecular weight excluding hydrogens is 280 g/mol. The first kappa shape index (κ1) is 12.6. The van der Waals surface area contributed by atoms with Crippen molar-refractivity contribution in [1.29, 1.82) is 0 Å². The Hall–Kier alpha value is -0.900. The molecule has 0 aliphatic heterocycles. The summed E-state index contributed by atoms with van der Waals surface area (Å²) in [6, 6.07) is 5.53. The van der Waals surface area contributed by atoms with Gasteiger partial charge < -0.3 is 5.32 Å². The van der Waals surface area contributed by atoms with E-state index in [0.29, 0.717) is 5.82 Å². The maximum atomic E-state index is 12.2. The van der Waals surface area contributed by atoms with Crippen molar-refractivity contribution in [3.63, 3.8) is 0 Å². The highest BCUT2D eigenvalue weighted by Gasteiger charge is 2.34. The van der Waals surface area contributed by atoms with Gasteiger partial charge in [0.25, 0.3) is 0 Å². The quantitative estimate of drug-likeness (QED) is 0.845. The van der Waals surface area contributed by atoms with Crippen molar-refractivity contribution in [3.05, 3.63) is 22.8 Å². The molecule has 1 amide bonds. The van der Waals surface area contributed by atoms with Crippen molar-refractivity contribution in [1.82, 2.24) is 4.98 Å². The van der Waals surface area contributed by atoms with Crippen LogP contribution in [0.5, 0.6) is 0 Å². The molecule has 1 N–H and O–H groups in total. The number of nitrogens with zero attached hydrogens (tertiary/aromatic N) is 1. The molecular formula is C13H17BrN2O. The second kappa shape index (κ2) is 5.17. The molecule has 1 aromatic heterocycles. The van der Waals surface area contributed by atoms with Crippen LogP contribution < -0.4 is 5.32 Å². The number of carbonyl (C=O) groups is 1. The molecule has 0 saturated heterocycles. The molecule has 3 nitrogen and oxygen atoms in total. The minimum atomic E-state index is -0.220. The third kappa shape index (κ3) is 3.06. The second-order valence-corrected chi connectivity index (χ2v) is 5.73. The molecule has 1 heterocycles. The molecule has 2 rings (SSSR count). The fraction of sp³-hybridized carbons (Fsp3) is 0.538. The topological polar surface area (TPSA) is 42.0 Å². The molecule has 1 aliphatic carbocycles. The van der Waals surface area contributed by atoms with E-state index in [1.807, 2.05) is 18.2 Å². The fourth-order valence-corrected chi connectivity index (χ4v) is 2.65. The normalized spacial score (nSPS) is 18.7. The van der Waals surface area contributed by atoms with Gasteiger partial charge in [0.1, 0.15) is 10.4 Å². The van der Waals surface area contributed by atoms with Gasteiger partial charge in [-0.05, 0) is 40.9 Å². The summed E-state index contributed by atoms with van der Waals surface area (Å²) in [5, 5.41) is 2.91. The number of hydrogen-bond donors (Lipinski definition) is 1. The number of carbonyl (C=O) groups excluding carboxylic acids is 1. The van der Waals surface area contributed by atoms with Crippen LogP contribution in [0.3, 0.4) is 0 Å². The molecule has 0 atom stereocenters. The Kier molecular flexibility index (Phi) is 3.82. The zero-order valence-corrected chi connectivity index (χ0v) is 11.6. The molecule has 0 spiro atoms. The number of aromatic nitrogens is 1. The van der Waals surface area contributed by atoms with Gasteiger partial charge in [-0.1, -0.05) is 32.3 Å². The molecule has 17 heavy (non-hydrogen) atoms. The first-order chi connectivity index (χ1) is 8.10. The van der Waals surface area contributed by atoms with E-state index in [0.717, 1.165) is 30.3 Å². The van der Waals surface area contributed by atoms with E-state index in [1.54, 1.807) is 0 Å². The SMILES string of the molecule is CC1(C(=O)Nc2cccc(Br)n2)CCCCC1. The molecule has 0 unspecified atom stereocenters. The summed E-state index contributed by atoms with van der Waals surface area (Å²) in [4.78, 5) is 16.5. The number of pyridine rings is 1. The van der Waals surface area contributed by atoms with Gasteiger partial charge in [0.05, 0.1) is 0 Å². The lowest BCUT2D eigenvalue weighted by molar-refractivity contribution is -0.126. The van der Waals surface area contributed by atoms with Gasteiger partial charge in [0.2, 0.25) is 5.91 Å². The standard InChI is InChI=1S/C13H17BrN2O/c1-13(8-3-2-4-9-13)12(17)16-11-7-5-6-10(14)15-11/h5-7H,2-4,8-9H2,1H3,(H,15,16,17). The van der Waals surface area contributed by atoms with Gasteiger partial charge in [0, 0.05) is 5.41 Å². The zero-order chi connectivity index (χ0) is 12.3. The first-order valence-corrected chi connectivity index (χ1v) is 6.83. The minimum absolute atomic E-state index is 0.0998. The highest BCUT2D eigenvalue weighted by molar-refractivity contribution is 9.10. The molecule has 0 aromatic carbocycles. The molecule has 1 aliphatic rings. The number of amides is 1. The predicted molar refractivity (Wildman–Crippen MR) is 71.8 cm³/mol. The van der Waals surface area contributed by atoms with Crippen molar-refractivity contribution in [2.24, 2.45) is 5.41 Å². The van der Waals surface area contributed by atoms with Crippen LogP contribution in [0.15, 0.2) is 22.8 Å². The lowest BCUT2D eigenvalue weighted by Gasteiger charge is -2.31. The third-order valence-corrected chi connectivity index (χ3v) is 3.90. The van der Waals surface area contributed by atoms with E-state index in [4.69, 9.17) is 0 Å². The van der Waals surface area contributed by atoms with Crippen LogP contribution in [0, 0.1) is 5.41 Å². The zero-order valence-electron chi connectivity index (χ0n) is 10.0. The maximum Gasteiger partial charge on any atom is 0.231 e. The third-order valence-electron chi connectivity index (χ3n) is 3.46. The average molecular weight is 297 g/mol. The molecule has 0 bridgehead atoms. The molecule has 92 valence electrons. The lowest BCUT2D eigenvalue weighted by atomic mass is 9.75. The van der Waals surface area contributed by atoms with Gasteiger partial charge >= 0.3 is 0 Å². The van der Waals surface area contributed by atoms with E-state index in [2.05, 4.69) is 33.2 Å². The molecule has 1 saturated carbocycles. The van der Waals surface area contributed by atoms with Crippen LogP contribution in [-0.2, 0) is 4.79 Å². The van der Waals surface area contributed by atoms with E-state index in [1.165, 1.54) is 6.42 Å². The Morgan fingerprint density at radius 2 is 2.06 bits per heavy atom. The van der Waals surface area contributed by atoms with E-state index >= 15 is 0 Å². The van der Waals surface area contributed by atoms with E-state index in [-0.39, 0.29) is 11.3 Å². The Labute approximate surface area is 110 Å². The number of halogens is 1. The van der Waals surface area contributed by atoms with Crippen LogP contribution in [0.25, 0.3) is 0 Å². The second-order valence-electron chi connectivity index (χ2n) is 4.92. The molecule has 4 heteroatoms. The molecule has 1 aromatic rings. The summed E-state index contributed by atoms with van der Waals surface area (Å²) in [5.41, 5.74) is -0.220. The Morgan fingerprint density at radius 3 is 2.71 bits per heavy atom. The van der Waals surface area contributed by atoms with Crippen molar-refractivity contribution < 1.29 is 4.79 Å². The summed E-state index contributed by atoms with van der Waals surface area (Å²) >= 11 is 3.30. The summed E-state index contributed by atoms with van der Waals surface area (Å²) < 4.78 is 0.740. The minimum Gasteiger partial charge on any atom is -0.310 e. The number of hydrogen-bond acceptors (Lipinski definition) is 2. The first-order valence-electron chi connectivity index (χ1n) is 6.04. The van der Waals surface area contributed by atoms with Gasteiger partial charge in [-0.2, -0.15) is 0 Å². The van der Waals surface area contributed by atoms with Crippen molar-refractivity contribution >= 4 is 27.7 Å². The van der Waals surface area contributed by atoms with Gasteiger partial charge in [-0.3, -0.25) is 4.79 Å². The Bertz CT molecular complexity index is 414.